The molecule has 0 saturated carbocycles. The van der Waals surface area contributed by atoms with Crippen LogP contribution in [0.25, 0.3) is 0 Å². The predicted octanol–water partition coefficient (Wildman–Crippen LogP) is 4.82. The van der Waals surface area contributed by atoms with Crippen LogP contribution in [0, 0.1) is 11.3 Å². The van der Waals surface area contributed by atoms with Gasteiger partial charge in [0, 0.05) is 5.56 Å². The number of hydrogen-bond donors (Lipinski definition) is 1. The third-order valence-electron chi connectivity index (χ3n) is 4.51. The first-order valence-electron chi connectivity index (χ1n) is 8.86. The van der Waals surface area contributed by atoms with Gasteiger partial charge in [-0.05, 0) is 29.8 Å². The second kappa shape index (κ2) is 8.99. The number of nitrogens with zero attached hydrogens (tertiary/aromatic N) is 2. The number of sulfonamides is 1. The molecule has 2 rings (SSSR count). The quantitative estimate of drug-likeness (QED) is 0.554. The van der Waals surface area contributed by atoms with E-state index in [0.717, 1.165) is 24.3 Å². The third kappa shape index (κ3) is 5.39. The largest absolute Gasteiger partial charge is 0.430 e. The summed E-state index contributed by atoms with van der Waals surface area (Å²) in [5.41, 5.74) is -7.69. The third-order valence-corrected chi connectivity index (χ3v) is 6.30. The molecule has 0 amide bonds. The molecule has 0 bridgehead atoms. The molecule has 0 aromatic heterocycles. The van der Waals surface area contributed by atoms with Gasteiger partial charge in [0.25, 0.3) is 15.6 Å². The van der Waals surface area contributed by atoms with E-state index in [-0.39, 0.29) is 35.0 Å². The van der Waals surface area contributed by atoms with Crippen LogP contribution in [0.15, 0.2) is 53.4 Å². The molecule has 34 heavy (non-hydrogen) atoms. The summed E-state index contributed by atoms with van der Waals surface area (Å²) in [6.07, 6.45) is -17.8. The summed E-state index contributed by atoms with van der Waals surface area (Å²) < 4.78 is 143. The van der Waals surface area contributed by atoms with E-state index in [1.165, 1.54) is 0 Å². The van der Waals surface area contributed by atoms with Crippen molar-refractivity contribution in [2.45, 2.75) is 35.4 Å². The number of alkyl halides is 9. The van der Waals surface area contributed by atoms with E-state index in [4.69, 9.17) is 5.26 Å². The number of hydrogen-bond acceptors (Lipinski definition) is 4. The van der Waals surface area contributed by atoms with Crippen LogP contribution >= 0.6 is 0 Å². The fraction of sp³-hybridized carbons (Fsp3) is 0.316. The van der Waals surface area contributed by atoms with Crippen molar-refractivity contribution in [2.24, 2.45) is 0 Å². The Morgan fingerprint density at radius 2 is 1.29 bits per heavy atom. The summed E-state index contributed by atoms with van der Waals surface area (Å²) in [5.74, 6) is 0. The predicted molar refractivity (Wildman–Crippen MR) is 98.8 cm³/mol. The van der Waals surface area contributed by atoms with Crippen LogP contribution in [-0.2, 0) is 22.0 Å². The van der Waals surface area contributed by atoms with Crippen molar-refractivity contribution >= 4 is 15.7 Å². The number of nitriles is 1. The molecular weight excluding hydrogens is 507 g/mol. The summed E-state index contributed by atoms with van der Waals surface area (Å²) >= 11 is 0. The van der Waals surface area contributed by atoms with Crippen LogP contribution < -0.4 is 4.31 Å². The van der Waals surface area contributed by atoms with Crippen molar-refractivity contribution in [1.82, 2.24) is 0 Å². The molecule has 5 nitrogen and oxygen atoms in total. The highest BCUT2D eigenvalue weighted by Gasteiger charge is 2.71. The number of anilines is 1. The maximum Gasteiger partial charge on any atom is 0.430 e. The highest BCUT2D eigenvalue weighted by Crippen LogP contribution is 2.50. The van der Waals surface area contributed by atoms with Gasteiger partial charge in [0.05, 0.1) is 23.1 Å². The number of benzene rings is 2. The fourth-order valence-electron chi connectivity index (χ4n) is 2.83. The minimum absolute atomic E-state index is 0.0330. The fourth-order valence-corrected chi connectivity index (χ4v) is 4.28. The first-order chi connectivity index (χ1) is 15.3. The van der Waals surface area contributed by atoms with E-state index in [9.17, 15) is 53.0 Å². The molecule has 2 aromatic carbocycles. The van der Waals surface area contributed by atoms with Crippen LogP contribution in [0.2, 0.25) is 0 Å². The maximum atomic E-state index is 13.1. The Kier molecular flexibility index (Phi) is 7.20. The Balaban J connectivity index is 2.59. The maximum absolute atomic E-state index is 13.1. The minimum atomic E-state index is -6.24. The first kappa shape index (κ1) is 27.3. The molecule has 0 fully saturated rings. The topological polar surface area (TPSA) is 81.4 Å². The molecule has 15 heteroatoms. The van der Waals surface area contributed by atoms with Crippen molar-refractivity contribution in [2.75, 3.05) is 10.8 Å². The van der Waals surface area contributed by atoms with Crippen molar-refractivity contribution in [3.05, 3.63) is 59.7 Å². The zero-order valence-corrected chi connectivity index (χ0v) is 17.3. The molecule has 2 aromatic rings. The van der Waals surface area contributed by atoms with E-state index in [0.29, 0.717) is 5.56 Å². The van der Waals surface area contributed by atoms with E-state index in [1.54, 1.807) is 6.07 Å². The summed E-state index contributed by atoms with van der Waals surface area (Å²) in [6.45, 7) is -2.16. The molecule has 0 unspecified atom stereocenters. The Hall–Kier alpha value is -2.99. The monoisotopic (exact) mass is 520 g/mol. The van der Waals surface area contributed by atoms with Crippen LogP contribution in [0.4, 0.5) is 45.2 Å². The molecule has 0 radical (unpaired) electrons. The molecule has 0 heterocycles. The van der Waals surface area contributed by atoms with Crippen molar-refractivity contribution in [1.29, 1.82) is 5.26 Å². The molecule has 0 atom stereocenters. The summed E-state index contributed by atoms with van der Waals surface area (Å²) in [7, 11) is -5.00. The molecule has 0 saturated heterocycles. The highest BCUT2D eigenvalue weighted by atomic mass is 32.2. The lowest BCUT2D eigenvalue weighted by atomic mass is 9.92. The van der Waals surface area contributed by atoms with Crippen LogP contribution in [0.3, 0.4) is 0 Å². The van der Waals surface area contributed by atoms with E-state index in [2.05, 4.69) is 0 Å². The van der Waals surface area contributed by atoms with Gasteiger partial charge in [-0.2, -0.15) is 44.8 Å². The van der Waals surface area contributed by atoms with Crippen molar-refractivity contribution < 1.29 is 53.0 Å². The van der Waals surface area contributed by atoms with Gasteiger partial charge in [0.1, 0.15) is 6.54 Å². The molecule has 0 spiro atoms. The average molecular weight is 520 g/mol. The Bertz CT molecular complexity index is 1130. The number of rotatable bonds is 6. The lowest BCUT2D eigenvalue weighted by Crippen LogP contribution is -2.53. The van der Waals surface area contributed by atoms with Gasteiger partial charge in [0.15, 0.2) is 0 Å². The zero-order chi connectivity index (χ0) is 26.2. The molecule has 0 aliphatic heterocycles. The van der Waals surface area contributed by atoms with Gasteiger partial charge >= 0.3 is 18.5 Å². The second-order valence-electron chi connectivity index (χ2n) is 6.86. The Labute approximate surface area is 186 Å². The summed E-state index contributed by atoms with van der Waals surface area (Å²) in [5, 5.41) is 18.0. The smallest absolute Gasteiger partial charge is 0.369 e. The minimum Gasteiger partial charge on any atom is -0.369 e. The number of halogens is 9. The van der Waals surface area contributed by atoms with Crippen molar-refractivity contribution in [3.8, 4) is 6.07 Å². The van der Waals surface area contributed by atoms with Crippen molar-refractivity contribution in [3.63, 3.8) is 0 Å². The van der Waals surface area contributed by atoms with Gasteiger partial charge in [-0.15, -0.1) is 0 Å². The first-order valence-corrected chi connectivity index (χ1v) is 10.3. The van der Waals surface area contributed by atoms with Crippen LogP contribution in [0.1, 0.15) is 11.1 Å². The number of aliphatic hydroxyl groups is 1. The standard InChI is InChI=1S/C19H13F9N2O3S/c20-16(21,22)11-30(34(32,33)15-7-1-12(2-8-15)9-10-29)14-5-3-13(4-6-14)17(31,18(23,24)25)19(26,27)28/h1-8,31H,9,11H2. The molecule has 186 valence electrons. The Morgan fingerprint density at radius 1 is 0.824 bits per heavy atom. The van der Waals surface area contributed by atoms with Gasteiger partial charge in [-0.25, -0.2) is 8.42 Å². The normalized spacial score (nSPS) is 13.4. The Morgan fingerprint density at radius 3 is 1.68 bits per heavy atom. The SMILES string of the molecule is N#CCc1ccc(S(=O)(=O)N(CC(F)(F)F)c2ccc(C(O)(C(F)(F)F)C(F)(F)F)cc2)cc1. The molecule has 0 aliphatic carbocycles. The van der Waals surface area contributed by atoms with E-state index in [1.807, 2.05) is 0 Å². The second-order valence-corrected chi connectivity index (χ2v) is 8.72. The lowest BCUT2D eigenvalue weighted by Gasteiger charge is -2.33. The van der Waals surface area contributed by atoms with Crippen LogP contribution in [0.5, 0.6) is 0 Å². The van der Waals surface area contributed by atoms with Gasteiger partial charge in [-0.1, -0.05) is 24.3 Å². The van der Waals surface area contributed by atoms with E-state index < -0.39 is 56.8 Å². The molecule has 0 aliphatic rings. The summed E-state index contributed by atoms with van der Waals surface area (Å²) in [6, 6.07) is 6.49. The average Bonchev–Trinajstić information content (AvgIpc) is 2.70. The lowest BCUT2D eigenvalue weighted by molar-refractivity contribution is -0.376. The van der Waals surface area contributed by atoms with E-state index >= 15 is 0 Å². The highest BCUT2D eigenvalue weighted by molar-refractivity contribution is 7.92. The summed E-state index contributed by atoms with van der Waals surface area (Å²) in [4.78, 5) is -0.676. The van der Waals surface area contributed by atoms with Gasteiger partial charge in [0.2, 0.25) is 0 Å². The molecule has 1 N–H and O–H groups in total. The molecular formula is C19H13F9N2O3S. The van der Waals surface area contributed by atoms with Gasteiger partial charge in [-0.3, -0.25) is 4.31 Å². The van der Waals surface area contributed by atoms with Crippen LogP contribution in [-0.4, -0.2) is 38.6 Å². The van der Waals surface area contributed by atoms with Gasteiger partial charge < -0.3 is 5.11 Å². The zero-order valence-electron chi connectivity index (χ0n) is 16.5.